The van der Waals surface area contributed by atoms with Gasteiger partial charge in [0.15, 0.2) is 0 Å². The van der Waals surface area contributed by atoms with E-state index in [1.165, 1.54) is 0 Å². The average Bonchev–Trinajstić information content (AvgIpc) is 2.71. The van der Waals surface area contributed by atoms with Crippen LogP contribution < -0.4 is 4.90 Å². The Labute approximate surface area is 175 Å². The molecule has 0 N–H and O–H groups in total. The molecule has 0 spiro atoms. The largest absolute Gasteiger partial charge is 0.336 e. The third kappa shape index (κ3) is 4.66. The lowest BCUT2D eigenvalue weighted by Crippen LogP contribution is -2.55. The molecule has 148 valence electrons. The van der Waals surface area contributed by atoms with Crippen LogP contribution in [0.3, 0.4) is 0 Å². The number of para-hydroxylation sites is 1. The fraction of sp³-hybridized carbons (Fsp3) is 0.333. The zero-order valence-electron chi connectivity index (χ0n) is 15.9. The molecule has 3 rings (SSSR count). The van der Waals surface area contributed by atoms with Crippen LogP contribution in [0.4, 0.5) is 5.69 Å². The molecular formula is C21H23Cl2N3O2. The van der Waals surface area contributed by atoms with E-state index in [0.29, 0.717) is 41.8 Å². The second-order valence-electron chi connectivity index (χ2n) is 6.90. The van der Waals surface area contributed by atoms with Gasteiger partial charge < -0.3 is 9.80 Å². The van der Waals surface area contributed by atoms with Crippen molar-refractivity contribution in [1.82, 2.24) is 9.80 Å². The van der Waals surface area contributed by atoms with Crippen molar-refractivity contribution in [2.24, 2.45) is 0 Å². The van der Waals surface area contributed by atoms with E-state index in [4.69, 9.17) is 23.2 Å². The summed E-state index contributed by atoms with van der Waals surface area (Å²) in [4.78, 5) is 31.1. The van der Waals surface area contributed by atoms with E-state index in [1.807, 2.05) is 37.3 Å². The highest BCUT2D eigenvalue weighted by molar-refractivity contribution is 6.35. The summed E-state index contributed by atoms with van der Waals surface area (Å²) in [5.74, 6) is -0.0583. The molecule has 2 aromatic rings. The fourth-order valence-electron chi connectivity index (χ4n) is 3.39. The van der Waals surface area contributed by atoms with Crippen LogP contribution in [0.15, 0.2) is 48.5 Å². The Morgan fingerprint density at radius 3 is 2.11 bits per heavy atom. The SMILES string of the molecule is CC(C(=O)N(C)c1ccccc1)N1CCN(C(=O)c2cc(Cl)cc(Cl)c2)CC1. The number of rotatable bonds is 4. The molecule has 2 amide bonds. The van der Waals surface area contributed by atoms with Crippen molar-refractivity contribution in [2.75, 3.05) is 38.1 Å². The van der Waals surface area contributed by atoms with Crippen LogP contribution in [0.5, 0.6) is 0 Å². The average molecular weight is 420 g/mol. The maximum Gasteiger partial charge on any atom is 0.254 e. The molecule has 1 fully saturated rings. The van der Waals surface area contributed by atoms with E-state index in [9.17, 15) is 9.59 Å². The zero-order valence-corrected chi connectivity index (χ0v) is 17.5. The quantitative estimate of drug-likeness (QED) is 0.756. The zero-order chi connectivity index (χ0) is 20.3. The lowest BCUT2D eigenvalue weighted by molar-refractivity contribution is -0.123. The van der Waals surface area contributed by atoms with Gasteiger partial charge in [-0.15, -0.1) is 0 Å². The van der Waals surface area contributed by atoms with E-state index in [0.717, 1.165) is 5.69 Å². The molecule has 1 saturated heterocycles. The minimum absolute atomic E-state index is 0.0348. The van der Waals surface area contributed by atoms with E-state index in [1.54, 1.807) is 35.0 Å². The van der Waals surface area contributed by atoms with Gasteiger partial charge in [-0.1, -0.05) is 41.4 Å². The first kappa shape index (κ1) is 20.6. The molecule has 0 aliphatic carbocycles. The second kappa shape index (κ2) is 8.95. The molecule has 5 nitrogen and oxygen atoms in total. The molecular weight excluding hydrogens is 397 g/mol. The molecule has 7 heteroatoms. The molecule has 1 aliphatic heterocycles. The maximum atomic E-state index is 12.8. The highest BCUT2D eigenvalue weighted by Crippen LogP contribution is 2.21. The van der Waals surface area contributed by atoms with Crippen molar-refractivity contribution in [3.63, 3.8) is 0 Å². The van der Waals surface area contributed by atoms with Gasteiger partial charge in [0, 0.05) is 54.5 Å². The number of hydrogen-bond donors (Lipinski definition) is 0. The third-order valence-electron chi connectivity index (χ3n) is 5.09. The van der Waals surface area contributed by atoms with Gasteiger partial charge in [0.25, 0.3) is 5.91 Å². The molecule has 1 heterocycles. The Kier molecular flexibility index (Phi) is 6.60. The Morgan fingerprint density at radius 1 is 0.964 bits per heavy atom. The molecule has 28 heavy (non-hydrogen) atoms. The lowest BCUT2D eigenvalue weighted by Gasteiger charge is -2.38. The topological polar surface area (TPSA) is 43.9 Å². The van der Waals surface area contributed by atoms with Gasteiger partial charge in [-0.2, -0.15) is 0 Å². The van der Waals surface area contributed by atoms with Gasteiger partial charge in [0.05, 0.1) is 6.04 Å². The second-order valence-corrected chi connectivity index (χ2v) is 7.77. The predicted octanol–water partition coefficient (Wildman–Crippen LogP) is 3.80. The molecule has 0 bridgehead atoms. The van der Waals surface area contributed by atoms with Crippen LogP contribution in [-0.2, 0) is 4.79 Å². The number of anilines is 1. The Balaban J connectivity index is 1.60. The summed E-state index contributed by atoms with van der Waals surface area (Å²) in [5.41, 5.74) is 1.35. The number of halogens is 2. The van der Waals surface area contributed by atoms with Crippen LogP contribution >= 0.6 is 23.2 Å². The van der Waals surface area contributed by atoms with Gasteiger partial charge in [0.1, 0.15) is 0 Å². The third-order valence-corrected chi connectivity index (χ3v) is 5.53. The summed E-state index contributed by atoms with van der Waals surface area (Å²) in [6.07, 6.45) is 0. The van der Waals surface area contributed by atoms with E-state index in [2.05, 4.69) is 4.90 Å². The molecule has 1 atom stereocenters. The van der Waals surface area contributed by atoms with Crippen LogP contribution in [0, 0.1) is 0 Å². The van der Waals surface area contributed by atoms with Gasteiger partial charge in [-0.3, -0.25) is 14.5 Å². The van der Waals surface area contributed by atoms with Crippen molar-refractivity contribution in [3.8, 4) is 0 Å². The van der Waals surface area contributed by atoms with Crippen molar-refractivity contribution in [2.45, 2.75) is 13.0 Å². The van der Waals surface area contributed by atoms with Crippen molar-refractivity contribution >= 4 is 40.7 Å². The summed E-state index contributed by atoms with van der Waals surface area (Å²) < 4.78 is 0. The number of hydrogen-bond acceptors (Lipinski definition) is 3. The number of piperazine rings is 1. The van der Waals surface area contributed by atoms with Crippen LogP contribution in [0.2, 0.25) is 10.0 Å². The summed E-state index contributed by atoms with van der Waals surface area (Å²) in [6.45, 7) is 4.28. The van der Waals surface area contributed by atoms with Crippen LogP contribution in [0.25, 0.3) is 0 Å². The molecule has 1 aliphatic rings. The number of carbonyl (C=O) groups excluding carboxylic acids is 2. The monoisotopic (exact) mass is 419 g/mol. The fourth-order valence-corrected chi connectivity index (χ4v) is 3.91. The Morgan fingerprint density at radius 2 is 1.54 bits per heavy atom. The standard InChI is InChI=1S/C21H23Cl2N3O2/c1-15(20(27)24(2)19-6-4-3-5-7-19)25-8-10-26(11-9-25)21(28)16-12-17(22)14-18(23)13-16/h3-7,12-15H,8-11H2,1-2H3. The van der Waals surface area contributed by atoms with Crippen molar-refractivity contribution in [3.05, 3.63) is 64.1 Å². The van der Waals surface area contributed by atoms with Gasteiger partial charge in [-0.05, 0) is 37.3 Å². The normalized spacial score (nSPS) is 15.9. The number of likely N-dealkylation sites (N-methyl/N-ethyl adjacent to an activating group) is 1. The number of amides is 2. The van der Waals surface area contributed by atoms with E-state index >= 15 is 0 Å². The Hall–Kier alpha value is -2.08. The maximum absolute atomic E-state index is 12.8. The van der Waals surface area contributed by atoms with E-state index < -0.39 is 0 Å². The summed E-state index contributed by atoms with van der Waals surface area (Å²) in [6, 6.07) is 14.2. The highest BCUT2D eigenvalue weighted by atomic mass is 35.5. The lowest BCUT2D eigenvalue weighted by atomic mass is 10.1. The smallest absolute Gasteiger partial charge is 0.254 e. The summed E-state index contributed by atoms with van der Waals surface area (Å²) >= 11 is 12.0. The highest BCUT2D eigenvalue weighted by Gasteiger charge is 2.29. The van der Waals surface area contributed by atoms with E-state index in [-0.39, 0.29) is 17.9 Å². The van der Waals surface area contributed by atoms with Gasteiger partial charge in [-0.25, -0.2) is 0 Å². The molecule has 0 saturated carbocycles. The molecule has 2 aromatic carbocycles. The first-order valence-electron chi connectivity index (χ1n) is 9.19. The number of carbonyl (C=O) groups is 2. The summed E-state index contributed by atoms with van der Waals surface area (Å²) in [7, 11) is 1.79. The number of nitrogens with zero attached hydrogens (tertiary/aromatic N) is 3. The minimum atomic E-state index is -0.261. The van der Waals surface area contributed by atoms with Crippen LogP contribution in [-0.4, -0.2) is 60.9 Å². The van der Waals surface area contributed by atoms with Gasteiger partial charge >= 0.3 is 0 Å². The first-order chi connectivity index (χ1) is 13.4. The molecule has 1 unspecified atom stereocenters. The number of benzene rings is 2. The van der Waals surface area contributed by atoms with Crippen molar-refractivity contribution < 1.29 is 9.59 Å². The van der Waals surface area contributed by atoms with Crippen LogP contribution in [0.1, 0.15) is 17.3 Å². The summed E-state index contributed by atoms with van der Waals surface area (Å²) in [5, 5.41) is 0.885. The molecule has 0 radical (unpaired) electrons. The predicted molar refractivity (Wildman–Crippen MR) is 113 cm³/mol. The van der Waals surface area contributed by atoms with Crippen molar-refractivity contribution in [1.29, 1.82) is 0 Å². The first-order valence-corrected chi connectivity index (χ1v) is 9.94. The molecule has 0 aromatic heterocycles. The minimum Gasteiger partial charge on any atom is -0.336 e. The Bertz CT molecular complexity index is 832. The van der Waals surface area contributed by atoms with Gasteiger partial charge in [0.2, 0.25) is 5.91 Å².